The summed E-state index contributed by atoms with van der Waals surface area (Å²) < 4.78 is 6.43. The molecular formula is C24H29Cl2N7O. The van der Waals surface area contributed by atoms with Crippen LogP contribution >= 0.6 is 23.2 Å². The van der Waals surface area contributed by atoms with Crippen LogP contribution in [0.5, 0.6) is 0 Å². The first-order chi connectivity index (χ1) is 16.3. The van der Waals surface area contributed by atoms with Gasteiger partial charge in [-0.25, -0.2) is 10.4 Å². The molecular weight excluding hydrogens is 473 g/mol. The number of hydrogen-bond donors (Lipinski definition) is 3. The van der Waals surface area contributed by atoms with Crippen molar-refractivity contribution in [3.63, 3.8) is 0 Å². The van der Waals surface area contributed by atoms with Crippen molar-refractivity contribution >= 4 is 29.0 Å². The van der Waals surface area contributed by atoms with Crippen LogP contribution in [0.15, 0.2) is 24.7 Å². The van der Waals surface area contributed by atoms with E-state index in [1.54, 1.807) is 12.4 Å². The summed E-state index contributed by atoms with van der Waals surface area (Å²) in [6.45, 7) is 5.39. The molecule has 1 aliphatic carbocycles. The maximum absolute atomic E-state index is 9.78. The first-order valence-corrected chi connectivity index (χ1v) is 12.4. The Bertz CT molecular complexity index is 1090. The molecule has 0 aromatic carbocycles. The topological polar surface area (TPSA) is 112 Å². The first kappa shape index (κ1) is 23.7. The van der Waals surface area contributed by atoms with Crippen LogP contribution in [0.3, 0.4) is 0 Å². The molecule has 2 saturated heterocycles. The van der Waals surface area contributed by atoms with Gasteiger partial charge >= 0.3 is 0 Å². The van der Waals surface area contributed by atoms with Crippen LogP contribution < -0.4 is 21.5 Å². The number of halogens is 2. The molecule has 0 radical (unpaired) electrons. The van der Waals surface area contributed by atoms with Crippen LogP contribution in [0.25, 0.3) is 0 Å². The molecule has 4 unspecified atom stereocenters. The average Bonchev–Trinajstić information content (AvgIpc) is 3.20. The van der Waals surface area contributed by atoms with Crippen LogP contribution in [0.2, 0.25) is 10.0 Å². The van der Waals surface area contributed by atoms with Crippen molar-refractivity contribution in [3.05, 3.63) is 51.4 Å². The minimum absolute atomic E-state index is 0.0459. The van der Waals surface area contributed by atoms with Crippen LogP contribution in [-0.4, -0.2) is 40.7 Å². The fraction of sp³-hybridized carbons (Fsp3) is 0.542. The van der Waals surface area contributed by atoms with E-state index in [0.29, 0.717) is 46.5 Å². The summed E-state index contributed by atoms with van der Waals surface area (Å²) in [5, 5.41) is 10.8. The van der Waals surface area contributed by atoms with Gasteiger partial charge in [0.05, 0.1) is 33.9 Å². The van der Waals surface area contributed by atoms with E-state index in [2.05, 4.69) is 31.8 Å². The largest absolute Gasteiger partial charge is 0.370 e. The van der Waals surface area contributed by atoms with Gasteiger partial charge in [-0.1, -0.05) is 23.2 Å². The number of nitriles is 1. The normalized spacial score (nSPS) is 28.6. The van der Waals surface area contributed by atoms with E-state index >= 15 is 0 Å². The lowest BCUT2D eigenvalue weighted by atomic mass is 9.78. The molecule has 5 rings (SSSR count). The Morgan fingerprint density at radius 2 is 1.97 bits per heavy atom. The molecule has 180 valence electrons. The van der Waals surface area contributed by atoms with Gasteiger partial charge in [0, 0.05) is 48.8 Å². The van der Waals surface area contributed by atoms with E-state index in [9.17, 15) is 5.26 Å². The Labute approximate surface area is 209 Å². The summed E-state index contributed by atoms with van der Waals surface area (Å²) in [5.41, 5.74) is 15.2. The van der Waals surface area contributed by atoms with Crippen molar-refractivity contribution in [2.75, 3.05) is 18.0 Å². The van der Waals surface area contributed by atoms with Gasteiger partial charge in [-0.05, 0) is 50.7 Å². The summed E-state index contributed by atoms with van der Waals surface area (Å²) >= 11 is 12.7. The SMILES string of the molecule is C[C@@H](OC1CCC2NNC(c3cnc(N4CC(C)(N)C4)c(C#N)c3)C2C1)c1c(Cl)cncc1Cl. The quantitative estimate of drug-likeness (QED) is 0.568. The molecule has 0 spiro atoms. The maximum atomic E-state index is 9.78. The fourth-order valence-electron chi connectivity index (χ4n) is 5.59. The van der Waals surface area contributed by atoms with Crippen molar-refractivity contribution in [3.8, 4) is 6.07 Å². The highest BCUT2D eigenvalue weighted by molar-refractivity contribution is 6.35. The maximum Gasteiger partial charge on any atom is 0.146 e. The lowest BCUT2D eigenvalue weighted by molar-refractivity contribution is -0.0370. The lowest BCUT2D eigenvalue weighted by Crippen LogP contribution is -2.66. The number of hydrogen-bond acceptors (Lipinski definition) is 8. The number of nitrogens with two attached hydrogens (primary N) is 1. The third kappa shape index (κ3) is 4.49. The lowest BCUT2D eigenvalue weighted by Gasteiger charge is -2.46. The predicted molar refractivity (Wildman–Crippen MR) is 131 cm³/mol. The number of pyridine rings is 2. The van der Waals surface area contributed by atoms with Gasteiger partial charge < -0.3 is 15.4 Å². The predicted octanol–water partition coefficient (Wildman–Crippen LogP) is 3.66. The Morgan fingerprint density at radius 1 is 1.24 bits per heavy atom. The Kier molecular flexibility index (Phi) is 6.44. The summed E-state index contributed by atoms with van der Waals surface area (Å²) in [7, 11) is 0. The van der Waals surface area contributed by atoms with Crippen LogP contribution in [0.1, 0.15) is 61.9 Å². The van der Waals surface area contributed by atoms with Gasteiger partial charge in [0.25, 0.3) is 0 Å². The highest BCUT2D eigenvalue weighted by Crippen LogP contribution is 2.42. The van der Waals surface area contributed by atoms with Gasteiger partial charge in [-0.15, -0.1) is 0 Å². The number of rotatable bonds is 5. The molecule has 1 saturated carbocycles. The van der Waals surface area contributed by atoms with Crippen molar-refractivity contribution in [2.24, 2.45) is 11.7 Å². The number of fused-ring (bicyclic) bond motifs is 1. The van der Waals surface area contributed by atoms with E-state index in [1.165, 1.54) is 0 Å². The second kappa shape index (κ2) is 9.23. The van der Waals surface area contributed by atoms with Gasteiger partial charge in [-0.2, -0.15) is 5.26 Å². The Morgan fingerprint density at radius 3 is 2.65 bits per heavy atom. The van der Waals surface area contributed by atoms with E-state index in [1.807, 2.05) is 26.1 Å². The highest BCUT2D eigenvalue weighted by Gasteiger charge is 2.43. The molecule has 2 aliphatic heterocycles. The molecule has 10 heteroatoms. The molecule has 2 aromatic heterocycles. The van der Waals surface area contributed by atoms with E-state index in [-0.39, 0.29) is 23.8 Å². The first-order valence-electron chi connectivity index (χ1n) is 11.6. The molecule has 34 heavy (non-hydrogen) atoms. The third-order valence-corrected chi connectivity index (χ3v) is 7.77. The molecule has 3 aliphatic rings. The average molecular weight is 502 g/mol. The Hall–Kier alpha value is -1.99. The second-order valence-electron chi connectivity index (χ2n) is 10.0. The molecule has 0 amide bonds. The monoisotopic (exact) mass is 501 g/mol. The van der Waals surface area contributed by atoms with Crippen LogP contribution in [-0.2, 0) is 4.74 Å². The number of aromatic nitrogens is 2. The minimum atomic E-state index is -0.235. The smallest absolute Gasteiger partial charge is 0.146 e. The summed E-state index contributed by atoms with van der Waals surface area (Å²) in [6.07, 6.45) is 7.72. The van der Waals surface area contributed by atoms with Crippen LogP contribution in [0.4, 0.5) is 5.82 Å². The standard InChI is InChI=1S/C24H29Cl2N7O/c1-13(21-18(25)9-29-10-19(21)26)34-16-3-4-20-17(6-16)22(32-31-20)15-5-14(7-27)23(30-8-15)33-11-24(2,28)12-33/h5,8-10,13,16-17,20,22,31-32H,3-4,6,11-12,28H2,1-2H3/t13-,16?,17?,20?,22?/m1/s1. The molecule has 4 heterocycles. The number of anilines is 1. The van der Waals surface area contributed by atoms with Gasteiger partial charge in [0.1, 0.15) is 11.9 Å². The zero-order chi connectivity index (χ0) is 24.0. The molecule has 2 aromatic rings. The highest BCUT2D eigenvalue weighted by atomic mass is 35.5. The molecule has 0 bridgehead atoms. The fourth-order valence-corrected chi connectivity index (χ4v) is 6.26. The van der Waals surface area contributed by atoms with Crippen LogP contribution in [0, 0.1) is 17.2 Å². The van der Waals surface area contributed by atoms with Gasteiger partial charge in [-0.3, -0.25) is 10.4 Å². The molecule has 3 fully saturated rings. The Balaban J connectivity index is 1.30. The second-order valence-corrected chi connectivity index (χ2v) is 10.8. The van der Waals surface area contributed by atoms with Crippen molar-refractivity contribution in [1.82, 2.24) is 20.8 Å². The number of ether oxygens (including phenoxy) is 1. The zero-order valence-corrected chi connectivity index (χ0v) is 20.8. The zero-order valence-electron chi connectivity index (χ0n) is 19.3. The number of hydrazine groups is 1. The molecule has 4 N–H and O–H groups in total. The summed E-state index contributed by atoms with van der Waals surface area (Å²) in [6, 6.07) is 4.67. The van der Waals surface area contributed by atoms with Gasteiger partial charge in [0.15, 0.2) is 0 Å². The molecule has 5 atom stereocenters. The van der Waals surface area contributed by atoms with Crippen molar-refractivity contribution in [2.45, 2.75) is 62.9 Å². The van der Waals surface area contributed by atoms with Crippen molar-refractivity contribution in [1.29, 1.82) is 5.26 Å². The van der Waals surface area contributed by atoms with Crippen molar-refractivity contribution < 1.29 is 4.74 Å². The summed E-state index contributed by atoms with van der Waals surface area (Å²) in [5.74, 6) is 1.02. The van der Waals surface area contributed by atoms with E-state index < -0.39 is 0 Å². The van der Waals surface area contributed by atoms with Gasteiger partial charge in [0.2, 0.25) is 0 Å². The number of nitrogens with zero attached hydrogens (tertiary/aromatic N) is 4. The molecule has 8 nitrogen and oxygen atoms in total. The van der Waals surface area contributed by atoms with E-state index in [0.717, 1.165) is 30.4 Å². The minimum Gasteiger partial charge on any atom is -0.370 e. The third-order valence-electron chi connectivity index (χ3n) is 7.17. The van der Waals surface area contributed by atoms with E-state index in [4.69, 9.17) is 33.7 Å². The number of nitrogens with one attached hydrogen (secondary N) is 2. The summed E-state index contributed by atoms with van der Waals surface area (Å²) in [4.78, 5) is 10.8.